The molecule has 9 heteroatoms. The van der Waals surface area contributed by atoms with E-state index in [4.69, 9.17) is 9.47 Å². The van der Waals surface area contributed by atoms with Gasteiger partial charge >= 0.3 is 0 Å². The van der Waals surface area contributed by atoms with E-state index in [-0.39, 0.29) is 12.5 Å². The summed E-state index contributed by atoms with van der Waals surface area (Å²) in [5.74, 6) is -0.188. The van der Waals surface area contributed by atoms with Gasteiger partial charge in [-0.1, -0.05) is 164 Å². The van der Waals surface area contributed by atoms with E-state index in [1.54, 1.807) is 6.08 Å². The molecular weight excluding hydrogens is 695 g/mol. The molecule has 1 aliphatic rings. The number of nitrogens with one attached hydrogen (secondary N) is 1. The molecule has 1 rings (SSSR count). The van der Waals surface area contributed by atoms with Gasteiger partial charge in [0.05, 0.1) is 25.4 Å². The first-order chi connectivity index (χ1) is 26.8. The quantitative estimate of drug-likeness (QED) is 0.0277. The maximum absolute atomic E-state index is 12.8. The molecule has 1 fully saturated rings. The van der Waals surface area contributed by atoms with Crippen LogP contribution in [0.3, 0.4) is 0 Å². The van der Waals surface area contributed by atoms with Crippen LogP contribution in [0.4, 0.5) is 0 Å². The first-order valence-electron chi connectivity index (χ1n) is 22.0. The molecule has 9 nitrogen and oxygen atoms in total. The molecule has 0 aromatic heterocycles. The van der Waals surface area contributed by atoms with Crippen LogP contribution in [0.15, 0.2) is 60.8 Å². The van der Waals surface area contributed by atoms with Gasteiger partial charge in [-0.3, -0.25) is 4.79 Å². The topological polar surface area (TPSA) is 149 Å². The third-order valence-corrected chi connectivity index (χ3v) is 10.1. The highest BCUT2D eigenvalue weighted by atomic mass is 16.7. The standard InChI is InChI=1S/C46H81NO8/c1-3-5-7-9-10-11-12-13-14-15-16-17-18-19-20-21-22-23-24-25-26-27-28-29-30-32-34-36-42(50)47-39(40(49)35-33-31-8-6-4-2)38-54-46-45(53)44(52)43(51)41(37-48)55-46/h5,7,10-11,13-14,16-17,33,35,39-41,43-46,48-49,51-53H,3-4,6,8-9,12,15,18-32,34,36-38H2,1-2H3,(H,47,50)/b7-5-,11-10-,14-13-,17-16-,35-33+. The molecule has 0 aliphatic carbocycles. The van der Waals surface area contributed by atoms with E-state index < -0.39 is 49.5 Å². The molecule has 0 saturated carbocycles. The van der Waals surface area contributed by atoms with Crippen molar-refractivity contribution in [1.29, 1.82) is 0 Å². The molecule has 0 spiro atoms. The molecule has 1 heterocycles. The zero-order chi connectivity index (χ0) is 40.2. The molecule has 0 aromatic rings. The molecule has 7 unspecified atom stereocenters. The number of carbonyl (C=O) groups is 1. The van der Waals surface area contributed by atoms with Crippen LogP contribution in [0.1, 0.15) is 168 Å². The number of carbonyl (C=O) groups excluding carboxylic acids is 1. The highest BCUT2D eigenvalue weighted by Crippen LogP contribution is 2.22. The molecule has 0 aromatic carbocycles. The fraction of sp³-hybridized carbons (Fsp3) is 0.761. The van der Waals surface area contributed by atoms with Gasteiger partial charge in [-0.15, -0.1) is 0 Å². The van der Waals surface area contributed by atoms with E-state index in [2.05, 4.69) is 67.8 Å². The first-order valence-corrected chi connectivity index (χ1v) is 22.0. The van der Waals surface area contributed by atoms with Crippen molar-refractivity contribution in [1.82, 2.24) is 5.32 Å². The predicted molar refractivity (Wildman–Crippen MR) is 226 cm³/mol. The van der Waals surface area contributed by atoms with Gasteiger partial charge in [-0.25, -0.2) is 0 Å². The second-order valence-corrected chi connectivity index (χ2v) is 15.1. The Kier molecular flexibility index (Phi) is 33.5. The van der Waals surface area contributed by atoms with Crippen molar-refractivity contribution < 1.29 is 39.8 Å². The van der Waals surface area contributed by atoms with Crippen molar-refractivity contribution in [3.8, 4) is 0 Å². The molecule has 318 valence electrons. The van der Waals surface area contributed by atoms with Gasteiger partial charge in [0.25, 0.3) is 0 Å². The molecule has 55 heavy (non-hydrogen) atoms. The number of rotatable bonds is 35. The minimum Gasteiger partial charge on any atom is -0.394 e. The van der Waals surface area contributed by atoms with Crippen molar-refractivity contribution in [3.05, 3.63) is 60.8 Å². The fourth-order valence-corrected chi connectivity index (χ4v) is 6.56. The van der Waals surface area contributed by atoms with Crippen molar-refractivity contribution in [2.45, 2.75) is 211 Å². The summed E-state index contributed by atoms with van der Waals surface area (Å²) in [5.41, 5.74) is 0. The fourth-order valence-electron chi connectivity index (χ4n) is 6.56. The van der Waals surface area contributed by atoms with Gasteiger partial charge in [-0.2, -0.15) is 0 Å². The number of aliphatic hydroxyl groups excluding tert-OH is 5. The van der Waals surface area contributed by atoms with Crippen molar-refractivity contribution in [3.63, 3.8) is 0 Å². The van der Waals surface area contributed by atoms with Gasteiger partial charge in [0.1, 0.15) is 24.4 Å². The van der Waals surface area contributed by atoms with Crippen LogP contribution in [0.5, 0.6) is 0 Å². The van der Waals surface area contributed by atoms with Crippen LogP contribution in [-0.4, -0.2) is 87.5 Å². The summed E-state index contributed by atoms with van der Waals surface area (Å²) < 4.78 is 11.1. The predicted octanol–water partition coefficient (Wildman–Crippen LogP) is 8.83. The smallest absolute Gasteiger partial charge is 0.220 e. The average molecular weight is 776 g/mol. The highest BCUT2D eigenvalue weighted by molar-refractivity contribution is 5.76. The number of ether oxygens (including phenoxy) is 2. The number of amides is 1. The summed E-state index contributed by atoms with van der Waals surface area (Å²) in [7, 11) is 0. The van der Waals surface area contributed by atoms with Crippen LogP contribution < -0.4 is 5.32 Å². The summed E-state index contributed by atoms with van der Waals surface area (Å²) in [6.45, 7) is 3.53. The lowest BCUT2D eigenvalue weighted by Gasteiger charge is -2.40. The third-order valence-electron chi connectivity index (χ3n) is 10.1. The number of hydrogen-bond acceptors (Lipinski definition) is 8. The lowest BCUT2D eigenvalue weighted by molar-refractivity contribution is -0.302. The number of allylic oxidation sites excluding steroid dienone is 9. The molecular formula is C46H81NO8. The van der Waals surface area contributed by atoms with E-state index in [1.165, 1.54) is 77.0 Å². The number of aliphatic hydroxyl groups is 5. The molecule has 0 radical (unpaired) electrons. The van der Waals surface area contributed by atoms with Crippen LogP contribution in [0.2, 0.25) is 0 Å². The summed E-state index contributed by atoms with van der Waals surface area (Å²) in [6, 6.07) is -0.802. The lowest BCUT2D eigenvalue weighted by Crippen LogP contribution is -2.60. The normalized spacial score (nSPS) is 21.9. The van der Waals surface area contributed by atoms with Crippen LogP contribution in [-0.2, 0) is 14.3 Å². The second-order valence-electron chi connectivity index (χ2n) is 15.1. The summed E-state index contributed by atoms with van der Waals surface area (Å²) in [5, 5.41) is 53.6. The maximum Gasteiger partial charge on any atom is 0.220 e. The Balaban J connectivity index is 2.12. The molecule has 6 N–H and O–H groups in total. The molecule has 0 bridgehead atoms. The van der Waals surface area contributed by atoms with E-state index in [9.17, 15) is 30.3 Å². The van der Waals surface area contributed by atoms with Gasteiger partial charge in [0.15, 0.2) is 6.29 Å². The third kappa shape index (κ3) is 27.2. The SMILES string of the molecule is CC/C=C\C/C=C\C/C=C\C/C=C\CCCCCCCCCCCCCCCCC(=O)NC(COC1OC(CO)C(O)C(O)C1O)C(O)/C=C/CCCCC. The number of unbranched alkanes of at least 4 members (excludes halogenated alkanes) is 17. The minimum absolute atomic E-state index is 0.188. The Bertz CT molecular complexity index is 1040. The Hall–Kier alpha value is -2.11. The van der Waals surface area contributed by atoms with Crippen molar-refractivity contribution >= 4 is 5.91 Å². The average Bonchev–Trinajstić information content (AvgIpc) is 3.18. The molecule has 1 saturated heterocycles. The van der Waals surface area contributed by atoms with Crippen molar-refractivity contribution in [2.75, 3.05) is 13.2 Å². The van der Waals surface area contributed by atoms with E-state index >= 15 is 0 Å². The Labute approximate surface area is 335 Å². The van der Waals surface area contributed by atoms with Gasteiger partial charge in [0, 0.05) is 6.42 Å². The maximum atomic E-state index is 12.8. The van der Waals surface area contributed by atoms with E-state index in [1.807, 2.05) is 6.08 Å². The summed E-state index contributed by atoms with van der Waals surface area (Å²) >= 11 is 0. The number of hydrogen-bond donors (Lipinski definition) is 6. The van der Waals surface area contributed by atoms with Gasteiger partial charge in [0.2, 0.25) is 5.91 Å². The van der Waals surface area contributed by atoms with Crippen LogP contribution in [0, 0.1) is 0 Å². The zero-order valence-corrected chi connectivity index (χ0v) is 34.7. The first kappa shape index (κ1) is 50.9. The molecule has 7 atom stereocenters. The largest absolute Gasteiger partial charge is 0.394 e. The van der Waals surface area contributed by atoms with Gasteiger partial charge < -0.3 is 40.3 Å². The van der Waals surface area contributed by atoms with Crippen LogP contribution >= 0.6 is 0 Å². The van der Waals surface area contributed by atoms with Crippen LogP contribution in [0.25, 0.3) is 0 Å². The van der Waals surface area contributed by atoms with Crippen molar-refractivity contribution in [2.24, 2.45) is 0 Å². The van der Waals surface area contributed by atoms with E-state index in [0.717, 1.165) is 70.6 Å². The Morgan fingerprint density at radius 1 is 0.636 bits per heavy atom. The molecule has 1 amide bonds. The summed E-state index contributed by atoms with van der Waals surface area (Å²) in [6.07, 6.45) is 40.4. The second kappa shape index (κ2) is 36.2. The summed E-state index contributed by atoms with van der Waals surface area (Å²) in [4.78, 5) is 12.8. The van der Waals surface area contributed by atoms with E-state index in [0.29, 0.717) is 6.42 Å². The zero-order valence-electron chi connectivity index (χ0n) is 34.7. The Morgan fingerprint density at radius 2 is 1.13 bits per heavy atom. The monoisotopic (exact) mass is 776 g/mol. The minimum atomic E-state index is -1.56. The van der Waals surface area contributed by atoms with Gasteiger partial charge in [-0.05, 0) is 57.8 Å². The Morgan fingerprint density at radius 3 is 1.67 bits per heavy atom. The lowest BCUT2D eigenvalue weighted by atomic mass is 9.99. The molecule has 1 aliphatic heterocycles. The highest BCUT2D eigenvalue weighted by Gasteiger charge is 2.44.